The first-order valence-electron chi connectivity index (χ1n) is 7.27. The zero-order valence-electron chi connectivity index (χ0n) is 12.3. The predicted octanol–water partition coefficient (Wildman–Crippen LogP) is 0.991. The van der Waals surface area contributed by atoms with Crippen LogP contribution in [-0.2, 0) is 14.3 Å². The number of ether oxygens (including phenoxy) is 3. The lowest BCUT2D eigenvalue weighted by atomic mass is 10.1. The van der Waals surface area contributed by atoms with Crippen molar-refractivity contribution in [2.24, 2.45) is 0 Å². The number of hydrogen-bond donors (Lipinski definition) is 1. The lowest BCUT2D eigenvalue weighted by molar-refractivity contribution is -0.154. The molecule has 1 aromatic rings. The van der Waals surface area contributed by atoms with Crippen molar-refractivity contribution in [2.75, 3.05) is 31.8 Å². The number of morpholine rings is 1. The fourth-order valence-electron chi connectivity index (χ4n) is 2.51. The third-order valence-corrected chi connectivity index (χ3v) is 3.68. The van der Waals surface area contributed by atoms with Gasteiger partial charge in [0.15, 0.2) is 11.5 Å². The molecule has 2 amide bonds. The van der Waals surface area contributed by atoms with Gasteiger partial charge in [-0.2, -0.15) is 0 Å². The van der Waals surface area contributed by atoms with E-state index in [0.29, 0.717) is 36.9 Å². The minimum absolute atomic E-state index is 0.00375. The Bertz CT molecular complexity index is 589. The van der Waals surface area contributed by atoms with Gasteiger partial charge in [-0.3, -0.25) is 9.59 Å². The van der Waals surface area contributed by atoms with E-state index < -0.39 is 6.10 Å². The SMILES string of the molecule is CCN1CCOC(CC(=O)Nc2ccc3c(c2)OCO3)C1=O. The van der Waals surface area contributed by atoms with Crippen molar-refractivity contribution in [1.82, 2.24) is 4.90 Å². The van der Waals surface area contributed by atoms with Gasteiger partial charge in [0.05, 0.1) is 13.0 Å². The summed E-state index contributed by atoms with van der Waals surface area (Å²) in [5.74, 6) is 0.854. The van der Waals surface area contributed by atoms with E-state index >= 15 is 0 Å². The van der Waals surface area contributed by atoms with Gasteiger partial charge in [-0.1, -0.05) is 0 Å². The van der Waals surface area contributed by atoms with Gasteiger partial charge in [-0.25, -0.2) is 0 Å². The molecular weight excluding hydrogens is 288 g/mol. The van der Waals surface area contributed by atoms with E-state index in [-0.39, 0.29) is 25.0 Å². The van der Waals surface area contributed by atoms with Gasteiger partial charge in [-0.05, 0) is 19.1 Å². The molecular formula is C15H18N2O5. The van der Waals surface area contributed by atoms with Gasteiger partial charge < -0.3 is 24.4 Å². The number of nitrogens with zero attached hydrogens (tertiary/aromatic N) is 1. The summed E-state index contributed by atoms with van der Waals surface area (Å²) in [5.41, 5.74) is 0.602. The lowest BCUT2D eigenvalue weighted by Gasteiger charge is -2.31. The second-order valence-electron chi connectivity index (χ2n) is 5.10. The molecule has 0 aromatic heterocycles. The number of likely N-dealkylation sites (N-methyl/N-ethyl adjacent to an activating group) is 1. The predicted molar refractivity (Wildman–Crippen MR) is 77.8 cm³/mol. The Balaban J connectivity index is 1.59. The summed E-state index contributed by atoms with van der Waals surface area (Å²) in [4.78, 5) is 25.9. The van der Waals surface area contributed by atoms with Gasteiger partial charge >= 0.3 is 0 Å². The Morgan fingerprint density at radius 2 is 2.18 bits per heavy atom. The minimum Gasteiger partial charge on any atom is -0.454 e. The molecule has 1 atom stereocenters. The summed E-state index contributed by atoms with van der Waals surface area (Å²) >= 11 is 0. The van der Waals surface area contributed by atoms with E-state index in [4.69, 9.17) is 14.2 Å². The number of benzene rings is 1. The molecule has 7 nitrogen and oxygen atoms in total. The minimum atomic E-state index is -0.706. The molecule has 2 heterocycles. The first-order valence-corrected chi connectivity index (χ1v) is 7.27. The number of amides is 2. The largest absolute Gasteiger partial charge is 0.454 e. The fourth-order valence-corrected chi connectivity index (χ4v) is 2.51. The molecule has 0 bridgehead atoms. The van der Waals surface area contributed by atoms with Crippen molar-refractivity contribution in [3.63, 3.8) is 0 Å². The van der Waals surface area contributed by atoms with Crippen LogP contribution < -0.4 is 14.8 Å². The molecule has 118 valence electrons. The Hall–Kier alpha value is -2.28. The maximum absolute atomic E-state index is 12.1. The lowest BCUT2D eigenvalue weighted by Crippen LogP contribution is -2.48. The quantitative estimate of drug-likeness (QED) is 0.897. The molecule has 2 aliphatic heterocycles. The summed E-state index contributed by atoms with van der Waals surface area (Å²) in [6.45, 7) is 3.76. The molecule has 0 spiro atoms. The fraction of sp³-hybridized carbons (Fsp3) is 0.467. The standard InChI is InChI=1S/C15H18N2O5/c1-2-17-5-6-20-13(15(17)19)8-14(18)16-10-3-4-11-12(7-10)22-9-21-11/h3-4,7,13H,2,5-6,8-9H2,1H3,(H,16,18). The smallest absolute Gasteiger partial charge is 0.252 e. The first kappa shape index (κ1) is 14.6. The average molecular weight is 306 g/mol. The van der Waals surface area contributed by atoms with Crippen LogP contribution in [0.25, 0.3) is 0 Å². The molecule has 1 aromatic carbocycles. The summed E-state index contributed by atoms with van der Waals surface area (Å²) in [6.07, 6.45) is -0.702. The summed E-state index contributed by atoms with van der Waals surface area (Å²) in [7, 11) is 0. The van der Waals surface area contributed by atoms with E-state index in [1.807, 2.05) is 6.92 Å². The number of fused-ring (bicyclic) bond motifs is 1. The van der Waals surface area contributed by atoms with Gasteiger partial charge in [0.2, 0.25) is 12.7 Å². The van der Waals surface area contributed by atoms with Crippen molar-refractivity contribution >= 4 is 17.5 Å². The van der Waals surface area contributed by atoms with Crippen molar-refractivity contribution < 1.29 is 23.8 Å². The van der Waals surface area contributed by atoms with E-state index in [2.05, 4.69) is 5.32 Å². The maximum Gasteiger partial charge on any atom is 0.252 e. The molecule has 1 fully saturated rings. The summed E-state index contributed by atoms with van der Waals surface area (Å²) < 4.78 is 15.9. The Morgan fingerprint density at radius 1 is 1.36 bits per heavy atom. The topological polar surface area (TPSA) is 77.1 Å². The van der Waals surface area contributed by atoms with E-state index in [1.54, 1.807) is 23.1 Å². The number of hydrogen-bond acceptors (Lipinski definition) is 5. The number of anilines is 1. The van der Waals surface area contributed by atoms with Crippen molar-refractivity contribution in [3.05, 3.63) is 18.2 Å². The van der Waals surface area contributed by atoms with Gasteiger partial charge in [0.1, 0.15) is 6.10 Å². The Labute approximate surface area is 128 Å². The second-order valence-corrected chi connectivity index (χ2v) is 5.10. The molecule has 0 saturated carbocycles. The molecule has 1 unspecified atom stereocenters. The Morgan fingerprint density at radius 3 is 3.00 bits per heavy atom. The van der Waals surface area contributed by atoms with E-state index in [0.717, 1.165) is 0 Å². The third-order valence-electron chi connectivity index (χ3n) is 3.68. The van der Waals surface area contributed by atoms with Gasteiger partial charge in [0.25, 0.3) is 5.91 Å². The van der Waals surface area contributed by atoms with Crippen LogP contribution in [0.1, 0.15) is 13.3 Å². The molecule has 0 aliphatic carbocycles. The van der Waals surface area contributed by atoms with Crippen molar-refractivity contribution in [2.45, 2.75) is 19.4 Å². The molecule has 3 rings (SSSR count). The normalized spacial score (nSPS) is 20.1. The molecule has 7 heteroatoms. The molecule has 22 heavy (non-hydrogen) atoms. The van der Waals surface area contributed by atoms with Crippen LogP contribution in [0.3, 0.4) is 0 Å². The number of carbonyl (C=O) groups excluding carboxylic acids is 2. The summed E-state index contributed by atoms with van der Waals surface area (Å²) in [5, 5.41) is 2.75. The zero-order chi connectivity index (χ0) is 15.5. The summed E-state index contributed by atoms with van der Waals surface area (Å²) in [6, 6.07) is 5.16. The van der Waals surface area contributed by atoms with Crippen LogP contribution in [-0.4, -0.2) is 49.3 Å². The first-order chi connectivity index (χ1) is 10.7. The molecule has 2 aliphatic rings. The van der Waals surface area contributed by atoms with Crippen LogP contribution in [0.5, 0.6) is 11.5 Å². The van der Waals surface area contributed by atoms with Crippen LogP contribution in [0.2, 0.25) is 0 Å². The molecule has 1 N–H and O–H groups in total. The number of carbonyl (C=O) groups is 2. The third kappa shape index (κ3) is 2.99. The van der Waals surface area contributed by atoms with E-state index in [9.17, 15) is 9.59 Å². The molecule has 1 saturated heterocycles. The van der Waals surface area contributed by atoms with Crippen LogP contribution in [0, 0.1) is 0 Å². The Kier molecular flexibility index (Phi) is 4.15. The highest BCUT2D eigenvalue weighted by Gasteiger charge is 2.30. The van der Waals surface area contributed by atoms with E-state index in [1.165, 1.54) is 0 Å². The maximum atomic E-state index is 12.1. The van der Waals surface area contributed by atoms with Gasteiger partial charge in [0, 0.05) is 24.8 Å². The highest BCUT2D eigenvalue weighted by atomic mass is 16.7. The van der Waals surface area contributed by atoms with Crippen LogP contribution in [0.4, 0.5) is 5.69 Å². The van der Waals surface area contributed by atoms with Crippen LogP contribution in [0.15, 0.2) is 18.2 Å². The van der Waals surface area contributed by atoms with Gasteiger partial charge in [-0.15, -0.1) is 0 Å². The number of rotatable bonds is 4. The van der Waals surface area contributed by atoms with Crippen molar-refractivity contribution in [3.8, 4) is 11.5 Å². The molecule has 0 radical (unpaired) electrons. The van der Waals surface area contributed by atoms with Crippen molar-refractivity contribution in [1.29, 1.82) is 0 Å². The number of nitrogens with one attached hydrogen (secondary N) is 1. The van der Waals surface area contributed by atoms with Crippen LogP contribution >= 0.6 is 0 Å². The zero-order valence-corrected chi connectivity index (χ0v) is 12.3. The average Bonchev–Trinajstić information content (AvgIpc) is 2.97. The second kappa shape index (κ2) is 6.23. The highest BCUT2D eigenvalue weighted by Crippen LogP contribution is 2.34. The monoisotopic (exact) mass is 306 g/mol. The highest BCUT2D eigenvalue weighted by molar-refractivity contribution is 5.95.